The van der Waals surface area contributed by atoms with E-state index in [9.17, 15) is 23.3 Å². The number of amides is 1. The van der Waals surface area contributed by atoms with Gasteiger partial charge >= 0.3 is 0 Å². The van der Waals surface area contributed by atoms with Crippen LogP contribution in [0.2, 0.25) is 0 Å². The van der Waals surface area contributed by atoms with E-state index >= 15 is 0 Å². The van der Waals surface area contributed by atoms with E-state index in [0.717, 1.165) is 0 Å². The molecule has 1 aliphatic heterocycles. The molecule has 2 rings (SSSR count). The Morgan fingerprint density at radius 3 is 2.67 bits per heavy atom. The molecule has 9 nitrogen and oxygen atoms in total. The number of primary sulfonamides is 1. The highest BCUT2D eigenvalue weighted by Crippen LogP contribution is 2.31. The Labute approximate surface area is 120 Å². The van der Waals surface area contributed by atoms with Gasteiger partial charge in [-0.3, -0.25) is 14.9 Å². The topological polar surface area (TPSA) is 150 Å². The van der Waals surface area contributed by atoms with Gasteiger partial charge in [0.05, 0.1) is 16.4 Å². The predicted molar refractivity (Wildman–Crippen MR) is 75.9 cm³/mol. The lowest BCUT2D eigenvalue weighted by Crippen LogP contribution is -2.27. The minimum atomic E-state index is -3.67. The normalized spacial score (nSPS) is 19.0. The van der Waals surface area contributed by atoms with Crippen molar-refractivity contribution in [1.82, 2.24) is 0 Å². The van der Waals surface area contributed by atoms with Crippen LogP contribution in [0.3, 0.4) is 0 Å². The lowest BCUT2D eigenvalue weighted by Gasteiger charge is -2.16. The summed E-state index contributed by atoms with van der Waals surface area (Å²) >= 11 is 0. The van der Waals surface area contributed by atoms with E-state index in [2.05, 4.69) is 0 Å². The van der Waals surface area contributed by atoms with Gasteiger partial charge in [0, 0.05) is 24.9 Å². The SMILES string of the molecule is Nc1ccc(N2CC(CS(N)(=O)=O)CC2=O)cc1[N+](=O)[O-]. The van der Waals surface area contributed by atoms with Crippen LogP contribution in [0.15, 0.2) is 18.2 Å². The Hall–Kier alpha value is -2.20. The van der Waals surface area contributed by atoms with Crippen molar-refractivity contribution in [3.8, 4) is 0 Å². The Balaban J connectivity index is 2.25. The first kappa shape index (κ1) is 15.2. The molecule has 1 atom stereocenters. The summed E-state index contributed by atoms with van der Waals surface area (Å²) in [6.07, 6.45) is 0.0363. The van der Waals surface area contributed by atoms with Gasteiger partial charge in [0.15, 0.2) is 0 Å². The predicted octanol–water partition coefficient (Wildman–Crippen LogP) is -0.182. The summed E-state index contributed by atoms with van der Waals surface area (Å²) in [6.45, 7) is 0.149. The second-order valence-electron chi connectivity index (χ2n) is 4.90. The Morgan fingerprint density at radius 1 is 1.43 bits per heavy atom. The van der Waals surface area contributed by atoms with E-state index in [1.807, 2.05) is 0 Å². The highest BCUT2D eigenvalue weighted by Gasteiger charge is 2.33. The first-order valence-corrected chi connectivity index (χ1v) is 7.73. The number of hydrogen-bond acceptors (Lipinski definition) is 6. The molecule has 0 aliphatic carbocycles. The second-order valence-corrected chi connectivity index (χ2v) is 6.56. The third-order valence-electron chi connectivity index (χ3n) is 3.20. The molecule has 1 fully saturated rings. The molecular formula is C11H14N4O5S. The smallest absolute Gasteiger partial charge is 0.294 e. The molecule has 0 spiro atoms. The summed E-state index contributed by atoms with van der Waals surface area (Å²) in [5.74, 6) is -1.03. The van der Waals surface area contributed by atoms with Gasteiger partial charge in [0.2, 0.25) is 15.9 Å². The molecular weight excluding hydrogens is 300 g/mol. The summed E-state index contributed by atoms with van der Waals surface area (Å²) in [6, 6.07) is 4.03. The van der Waals surface area contributed by atoms with E-state index in [4.69, 9.17) is 10.9 Å². The van der Waals surface area contributed by atoms with Crippen LogP contribution in [0.1, 0.15) is 6.42 Å². The molecule has 1 aliphatic rings. The molecule has 1 saturated heterocycles. The summed E-state index contributed by atoms with van der Waals surface area (Å²) < 4.78 is 22.1. The van der Waals surface area contributed by atoms with Crippen molar-refractivity contribution in [3.05, 3.63) is 28.3 Å². The molecule has 0 radical (unpaired) electrons. The van der Waals surface area contributed by atoms with Crippen LogP contribution in [0.4, 0.5) is 17.1 Å². The first-order valence-electron chi connectivity index (χ1n) is 6.02. The van der Waals surface area contributed by atoms with Crippen molar-refractivity contribution in [2.45, 2.75) is 6.42 Å². The zero-order valence-corrected chi connectivity index (χ0v) is 11.7. The van der Waals surface area contributed by atoms with E-state index in [1.165, 1.54) is 23.1 Å². The van der Waals surface area contributed by atoms with E-state index < -0.39 is 20.9 Å². The number of carbonyl (C=O) groups excluding carboxylic acids is 1. The van der Waals surface area contributed by atoms with Crippen LogP contribution in [0.25, 0.3) is 0 Å². The Morgan fingerprint density at radius 2 is 2.10 bits per heavy atom. The van der Waals surface area contributed by atoms with Gasteiger partial charge in [-0.1, -0.05) is 0 Å². The van der Waals surface area contributed by atoms with Crippen molar-refractivity contribution in [3.63, 3.8) is 0 Å². The van der Waals surface area contributed by atoms with Gasteiger partial charge in [-0.2, -0.15) is 0 Å². The molecule has 0 saturated carbocycles. The number of nitro benzene ring substituents is 1. The van der Waals surface area contributed by atoms with Gasteiger partial charge in [-0.25, -0.2) is 13.6 Å². The maximum Gasteiger partial charge on any atom is 0.294 e. The van der Waals surface area contributed by atoms with Crippen LogP contribution >= 0.6 is 0 Å². The third-order valence-corrected chi connectivity index (χ3v) is 4.13. The summed E-state index contributed by atoms with van der Waals surface area (Å²) in [5, 5.41) is 15.8. The van der Waals surface area contributed by atoms with E-state index in [1.54, 1.807) is 0 Å². The monoisotopic (exact) mass is 314 g/mol. The molecule has 4 N–H and O–H groups in total. The van der Waals surface area contributed by atoms with Crippen LogP contribution in [-0.4, -0.2) is 31.5 Å². The first-order chi connectivity index (χ1) is 9.67. The fourth-order valence-corrected chi connectivity index (χ4v) is 3.21. The van der Waals surface area contributed by atoms with Gasteiger partial charge < -0.3 is 10.6 Å². The van der Waals surface area contributed by atoms with Crippen molar-refractivity contribution >= 4 is 33.0 Å². The molecule has 1 aromatic carbocycles. The van der Waals surface area contributed by atoms with Gasteiger partial charge in [0.1, 0.15) is 5.69 Å². The zero-order valence-electron chi connectivity index (χ0n) is 10.9. The lowest BCUT2D eigenvalue weighted by atomic mass is 10.1. The minimum Gasteiger partial charge on any atom is -0.393 e. The highest BCUT2D eigenvalue weighted by molar-refractivity contribution is 7.89. The standard InChI is InChI=1S/C11H14N4O5S/c12-9-2-1-8(4-10(9)15(17)18)14-5-7(3-11(14)16)6-21(13,19)20/h1-2,4,7H,3,5-6,12H2,(H2,13,19,20). The number of rotatable bonds is 4. The summed E-state index contributed by atoms with van der Waals surface area (Å²) in [4.78, 5) is 23.4. The number of nitrogens with zero attached hydrogens (tertiary/aromatic N) is 2. The maximum absolute atomic E-state index is 11.9. The van der Waals surface area contributed by atoms with Crippen molar-refractivity contribution in [1.29, 1.82) is 0 Å². The van der Waals surface area contributed by atoms with Crippen molar-refractivity contribution in [2.75, 3.05) is 22.9 Å². The third kappa shape index (κ3) is 3.47. The van der Waals surface area contributed by atoms with E-state index in [0.29, 0.717) is 5.69 Å². The summed E-state index contributed by atoms with van der Waals surface area (Å²) in [5.41, 5.74) is 5.51. The van der Waals surface area contributed by atoms with Gasteiger partial charge in [0.25, 0.3) is 5.69 Å². The molecule has 10 heteroatoms. The molecule has 21 heavy (non-hydrogen) atoms. The fraction of sp³-hybridized carbons (Fsp3) is 0.364. The van der Waals surface area contributed by atoms with Crippen LogP contribution in [0.5, 0.6) is 0 Å². The molecule has 1 heterocycles. The molecule has 1 aromatic rings. The number of nitrogen functional groups attached to an aromatic ring is 1. The van der Waals surface area contributed by atoms with Crippen molar-refractivity contribution < 1.29 is 18.1 Å². The molecule has 114 valence electrons. The number of hydrogen-bond donors (Lipinski definition) is 2. The Bertz CT molecular complexity index is 703. The Kier molecular flexibility index (Phi) is 3.83. The number of sulfonamides is 1. The van der Waals surface area contributed by atoms with E-state index in [-0.39, 0.29) is 36.0 Å². The minimum absolute atomic E-state index is 0.00326. The number of nitro groups is 1. The highest BCUT2D eigenvalue weighted by atomic mass is 32.2. The van der Waals surface area contributed by atoms with Crippen LogP contribution in [-0.2, 0) is 14.8 Å². The molecule has 1 unspecified atom stereocenters. The number of nitrogens with two attached hydrogens (primary N) is 2. The van der Waals surface area contributed by atoms with Gasteiger partial charge in [-0.15, -0.1) is 0 Å². The molecule has 0 aromatic heterocycles. The summed E-state index contributed by atoms with van der Waals surface area (Å²) in [7, 11) is -3.67. The largest absolute Gasteiger partial charge is 0.393 e. The average molecular weight is 314 g/mol. The average Bonchev–Trinajstić information content (AvgIpc) is 2.68. The van der Waals surface area contributed by atoms with Gasteiger partial charge in [-0.05, 0) is 12.1 Å². The number of carbonyl (C=O) groups is 1. The van der Waals surface area contributed by atoms with Crippen molar-refractivity contribution in [2.24, 2.45) is 11.1 Å². The molecule has 0 bridgehead atoms. The van der Waals surface area contributed by atoms with Crippen LogP contribution < -0.4 is 15.8 Å². The number of anilines is 2. The maximum atomic E-state index is 11.9. The fourth-order valence-electron chi connectivity index (χ4n) is 2.33. The zero-order chi connectivity index (χ0) is 15.8. The number of benzene rings is 1. The lowest BCUT2D eigenvalue weighted by molar-refractivity contribution is -0.383. The molecule has 1 amide bonds. The quantitative estimate of drug-likeness (QED) is 0.447. The second kappa shape index (κ2) is 5.30. The van der Waals surface area contributed by atoms with Crippen LogP contribution in [0, 0.1) is 16.0 Å².